The van der Waals surface area contributed by atoms with Gasteiger partial charge in [-0.3, -0.25) is 0 Å². The minimum absolute atomic E-state index is 0.630. The lowest BCUT2D eigenvalue weighted by Gasteiger charge is -2.29. The van der Waals surface area contributed by atoms with E-state index in [2.05, 4.69) is 41.8 Å². The number of rotatable bonds is 6. The first kappa shape index (κ1) is 14.4. The van der Waals surface area contributed by atoms with Gasteiger partial charge in [-0.15, -0.1) is 0 Å². The first-order valence-corrected chi connectivity index (χ1v) is 8.03. The van der Waals surface area contributed by atoms with Gasteiger partial charge in [0.2, 0.25) is 5.95 Å². The van der Waals surface area contributed by atoms with Crippen LogP contribution in [0, 0.1) is 12.8 Å². The topological polar surface area (TPSA) is 29.9 Å². The van der Waals surface area contributed by atoms with Crippen LogP contribution >= 0.6 is 0 Å². The third-order valence-electron chi connectivity index (χ3n) is 4.24. The molecule has 0 bridgehead atoms. The molecule has 1 fully saturated rings. The second-order valence-corrected chi connectivity index (χ2v) is 6.05. The highest BCUT2D eigenvalue weighted by Crippen LogP contribution is 2.29. The normalized spacial score (nSPS) is 23.5. The molecular formula is C16H29N3. The van der Waals surface area contributed by atoms with E-state index in [4.69, 9.17) is 0 Å². The molecule has 0 amide bonds. The van der Waals surface area contributed by atoms with E-state index in [1.54, 1.807) is 0 Å². The highest BCUT2D eigenvalue weighted by Gasteiger charge is 2.21. The summed E-state index contributed by atoms with van der Waals surface area (Å²) in [5.41, 5.74) is 1.12. The minimum atomic E-state index is 0.630. The number of nitrogens with zero attached hydrogens (tertiary/aromatic N) is 2. The Morgan fingerprint density at radius 3 is 2.58 bits per heavy atom. The monoisotopic (exact) mass is 263 g/mol. The van der Waals surface area contributed by atoms with Crippen molar-refractivity contribution >= 4 is 5.95 Å². The predicted molar refractivity (Wildman–Crippen MR) is 81.5 cm³/mol. The molecular weight excluding hydrogens is 234 g/mol. The fourth-order valence-corrected chi connectivity index (χ4v) is 3.26. The Morgan fingerprint density at radius 1 is 1.21 bits per heavy atom. The maximum atomic E-state index is 4.63. The molecule has 1 N–H and O–H groups in total. The molecule has 1 heterocycles. The maximum absolute atomic E-state index is 4.63. The van der Waals surface area contributed by atoms with Crippen molar-refractivity contribution in [2.75, 3.05) is 5.32 Å². The second-order valence-electron chi connectivity index (χ2n) is 6.05. The van der Waals surface area contributed by atoms with Crippen molar-refractivity contribution in [3.05, 3.63) is 11.9 Å². The molecule has 1 saturated carbocycles. The van der Waals surface area contributed by atoms with E-state index >= 15 is 0 Å². The molecule has 19 heavy (non-hydrogen) atoms. The van der Waals surface area contributed by atoms with E-state index in [0.717, 1.165) is 30.5 Å². The van der Waals surface area contributed by atoms with Crippen LogP contribution in [0.3, 0.4) is 0 Å². The molecule has 1 aliphatic carbocycles. The van der Waals surface area contributed by atoms with E-state index in [1.807, 2.05) is 0 Å². The van der Waals surface area contributed by atoms with E-state index in [1.165, 1.54) is 38.5 Å². The van der Waals surface area contributed by atoms with Crippen molar-refractivity contribution in [2.45, 2.75) is 78.3 Å². The zero-order chi connectivity index (χ0) is 13.7. The van der Waals surface area contributed by atoms with Gasteiger partial charge in [-0.25, -0.2) is 4.98 Å². The van der Waals surface area contributed by atoms with Crippen LogP contribution in [0.1, 0.15) is 64.5 Å². The Balaban J connectivity index is 1.88. The van der Waals surface area contributed by atoms with Gasteiger partial charge in [0, 0.05) is 18.8 Å². The number of aryl methyl sites for hydroxylation is 2. The smallest absolute Gasteiger partial charge is 0.203 e. The summed E-state index contributed by atoms with van der Waals surface area (Å²) in [6.07, 6.45) is 11.5. The van der Waals surface area contributed by atoms with Crippen LogP contribution in [0.2, 0.25) is 0 Å². The number of anilines is 1. The second kappa shape index (κ2) is 6.97. The summed E-state index contributed by atoms with van der Waals surface area (Å²) >= 11 is 0. The van der Waals surface area contributed by atoms with Crippen LogP contribution in [0.25, 0.3) is 0 Å². The highest BCUT2D eigenvalue weighted by atomic mass is 15.2. The SMILES string of the molecule is CCCC1CCC(Nc2nc(C)cn2CCC)CC1. The number of imidazole rings is 1. The van der Waals surface area contributed by atoms with Gasteiger partial charge in [-0.2, -0.15) is 0 Å². The molecule has 0 aliphatic heterocycles. The van der Waals surface area contributed by atoms with E-state index in [9.17, 15) is 0 Å². The molecule has 0 unspecified atom stereocenters. The summed E-state index contributed by atoms with van der Waals surface area (Å²) in [7, 11) is 0. The molecule has 0 saturated heterocycles. The van der Waals surface area contributed by atoms with E-state index in [0.29, 0.717) is 6.04 Å². The van der Waals surface area contributed by atoms with Crippen LogP contribution in [0.5, 0.6) is 0 Å². The number of aromatic nitrogens is 2. The summed E-state index contributed by atoms with van der Waals surface area (Å²) < 4.78 is 2.27. The molecule has 1 aliphatic rings. The van der Waals surface area contributed by atoms with Crippen molar-refractivity contribution in [1.82, 2.24) is 9.55 Å². The predicted octanol–water partition coefficient (Wildman–Crippen LogP) is 4.37. The summed E-state index contributed by atoms with van der Waals surface area (Å²) in [6.45, 7) is 7.66. The molecule has 108 valence electrons. The molecule has 0 aromatic carbocycles. The standard InChI is InChI=1S/C16H29N3/c1-4-6-14-7-9-15(10-8-14)18-16-17-13(3)12-19(16)11-5-2/h12,14-15H,4-11H2,1-3H3,(H,17,18). The van der Waals surface area contributed by atoms with Gasteiger partial charge in [-0.05, 0) is 44.9 Å². The van der Waals surface area contributed by atoms with Gasteiger partial charge in [0.25, 0.3) is 0 Å². The third kappa shape index (κ3) is 3.99. The van der Waals surface area contributed by atoms with Crippen molar-refractivity contribution < 1.29 is 0 Å². The van der Waals surface area contributed by atoms with Gasteiger partial charge in [0.05, 0.1) is 5.69 Å². The Hall–Kier alpha value is -0.990. The number of hydrogen-bond acceptors (Lipinski definition) is 2. The summed E-state index contributed by atoms with van der Waals surface area (Å²) in [5.74, 6) is 2.05. The van der Waals surface area contributed by atoms with Crippen LogP contribution < -0.4 is 5.32 Å². The average Bonchev–Trinajstić information content (AvgIpc) is 2.73. The molecule has 3 nitrogen and oxygen atoms in total. The zero-order valence-corrected chi connectivity index (χ0v) is 12.8. The number of nitrogens with one attached hydrogen (secondary N) is 1. The Bertz CT molecular complexity index is 375. The molecule has 0 radical (unpaired) electrons. The van der Waals surface area contributed by atoms with Crippen molar-refractivity contribution in [1.29, 1.82) is 0 Å². The first-order valence-electron chi connectivity index (χ1n) is 8.03. The van der Waals surface area contributed by atoms with Gasteiger partial charge in [0.15, 0.2) is 0 Å². The summed E-state index contributed by atoms with van der Waals surface area (Å²) in [4.78, 5) is 4.63. The fourth-order valence-electron chi connectivity index (χ4n) is 3.26. The number of hydrogen-bond donors (Lipinski definition) is 1. The first-order chi connectivity index (χ1) is 9.22. The van der Waals surface area contributed by atoms with Crippen molar-refractivity contribution in [3.8, 4) is 0 Å². The largest absolute Gasteiger partial charge is 0.353 e. The van der Waals surface area contributed by atoms with E-state index in [-0.39, 0.29) is 0 Å². The van der Waals surface area contributed by atoms with Gasteiger partial charge in [-0.1, -0.05) is 26.7 Å². The summed E-state index contributed by atoms with van der Waals surface area (Å²) in [6, 6.07) is 0.630. The van der Waals surface area contributed by atoms with Crippen molar-refractivity contribution in [3.63, 3.8) is 0 Å². The molecule has 0 atom stereocenters. The highest BCUT2D eigenvalue weighted by molar-refractivity contribution is 5.30. The lowest BCUT2D eigenvalue weighted by molar-refractivity contribution is 0.318. The molecule has 3 heteroatoms. The molecule has 1 aromatic heterocycles. The quantitative estimate of drug-likeness (QED) is 0.825. The van der Waals surface area contributed by atoms with Crippen LogP contribution in [0.15, 0.2) is 6.20 Å². The Labute approximate surface area is 117 Å². The lowest BCUT2D eigenvalue weighted by Crippen LogP contribution is -2.27. The zero-order valence-electron chi connectivity index (χ0n) is 12.8. The van der Waals surface area contributed by atoms with Crippen molar-refractivity contribution in [2.24, 2.45) is 5.92 Å². The van der Waals surface area contributed by atoms with Crippen LogP contribution in [-0.4, -0.2) is 15.6 Å². The fraction of sp³-hybridized carbons (Fsp3) is 0.812. The maximum Gasteiger partial charge on any atom is 0.203 e. The Morgan fingerprint density at radius 2 is 1.95 bits per heavy atom. The Kier molecular flexibility index (Phi) is 5.29. The van der Waals surface area contributed by atoms with E-state index < -0.39 is 0 Å². The van der Waals surface area contributed by atoms with Gasteiger partial charge in [0.1, 0.15) is 0 Å². The summed E-state index contributed by atoms with van der Waals surface area (Å²) in [5, 5.41) is 3.67. The molecule has 0 spiro atoms. The third-order valence-corrected chi connectivity index (χ3v) is 4.24. The van der Waals surface area contributed by atoms with Gasteiger partial charge < -0.3 is 9.88 Å². The average molecular weight is 263 g/mol. The van der Waals surface area contributed by atoms with Crippen LogP contribution in [0.4, 0.5) is 5.95 Å². The van der Waals surface area contributed by atoms with Gasteiger partial charge >= 0.3 is 0 Å². The van der Waals surface area contributed by atoms with Crippen LogP contribution in [-0.2, 0) is 6.54 Å². The molecule has 2 rings (SSSR count). The minimum Gasteiger partial charge on any atom is -0.353 e. The molecule has 1 aromatic rings. The lowest BCUT2D eigenvalue weighted by atomic mass is 9.83.